The molecule has 0 spiro atoms. The number of unbranched alkanes of at least 4 members (excludes halogenated alkanes) is 4. The summed E-state index contributed by atoms with van der Waals surface area (Å²) >= 11 is 0. The maximum Gasteiger partial charge on any atom is 0.336 e. The van der Waals surface area contributed by atoms with Gasteiger partial charge in [0.1, 0.15) is 5.75 Å². The third-order valence-electron chi connectivity index (χ3n) is 8.77. The smallest absolute Gasteiger partial charge is 0.336 e. The highest BCUT2D eigenvalue weighted by molar-refractivity contribution is 5.93. The van der Waals surface area contributed by atoms with Crippen molar-refractivity contribution in [3.05, 3.63) is 64.7 Å². The highest BCUT2D eigenvalue weighted by atomic mass is 16.5. The van der Waals surface area contributed by atoms with Crippen molar-refractivity contribution in [2.45, 2.75) is 83.0 Å². The molecular formula is C32H40O3. The number of hydrogen-bond acceptors (Lipinski definition) is 2. The Hall–Kier alpha value is -2.55. The van der Waals surface area contributed by atoms with Crippen LogP contribution >= 0.6 is 0 Å². The molecule has 4 fully saturated rings. The lowest BCUT2D eigenvalue weighted by Gasteiger charge is -2.57. The van der Waals surface area contributed by atoms with Crippen LogP contribution in [0.2, 0.25) is 0 Å². The first kappa shape index (κ1) is 24.2. The van der Waals surface area contributed by atoms with E-state index >= 15 is 0 Å². The molecule has 0 saturated heterocycles. The molecule has 3 nitrogen and oxygen atoms in total. The Labute approximate surface area is 210 Å². The molecule has 35 heavy (non-hydrogen) atoms. The first-order valence-corrected chi connectivity index (χ1v) is 13.8. The lowest BCUT2D eigenvalue weighted by molar-refractivity contribution is -0.00640. The maximum atomic E-state index is 11.6. The molecule has 186 valence electrons. The van der Waals surface area contributed by atoms with Crippen LogP contribution in [0.15, 0.2) is 42.5 Å². The summed E-state index contributed by atoms with van der Waals surface area (Å²) in [7, 11) is 0. The molecule has 0 heterocycles. The number of hydrogen-bond donors (Lipinski definition) is 1. The molecule has 4 aliphatic carbocycles. The molecular weight excluding hydrogens is 432 g/mol. The van der Waals surface area contributed by atoms with Crippen LogP contribution in [0.1, 0.15) is 105 Å². The van der Waals surface area contributed by atoms with E-state index in [1.165, 1.54) is 69.8 Å². The Morgan fingerprint density at radius 1 is 0.943 bits per heavy atom. The highest BCUT2D eigenvalue weighted by Gasteiger charge is 2.52. The zero-order valence-electron chi connectivity index (χ0n) is 21.2. The molecule has 0 unspecified atom stereocenters. The summed E-state index contributed by atoms with van der Waals surface area (Å²) in [6.45, 7) is 3.03. The molecule has 4 saturated carbocycles. The Kier molecular flexibility index (Phi) is 7.32. The Morgan fingerprint density at radius 2 is 1.63 bits per heavy atom. The van der Waals surface area contributed by atoms with Crippen LogP contribution in [0, 0.1) is 17.8 Å². The fourth-order valence-corrected chi connectivity index (χ4v) is 7.55. The number of aromatic carboxylic acids is 1. The number of carboxylic acid groups (broad SMARTS) is 1. The van der Waals surface area contributed by atoms with Gasteiger partial charge in [-0.1, -0.05) is 75.1 Å². The molecule has 0 amide bonds. The van der Waals surface area contributed by atoms with E-state index in [9.17, 15) is 9.90 Å². The van der Waals surface area contributed by atoms with Crippen molar-refractivity contribution in [3.8, 4) is 5.75 Å². The van der Waals surface area contributed by atoms with E-state index in [1.54, 1.807) is 12.1 Å². The highest BCUT2D eigenvalue weighted by Crippen LogP contribution is 2.61. The van der Waals surface area contributed by atoms with Gasteiger partial charge >= 0.3 is 5.97 Å². The molecule has 4 bridgehead atoms. The van der Waals surface area contributed by atoms with Crippen molar-refractivity contribution in [2.75, 3.05) is 6.61 Å². The molecule has 6 rings (SSSR count). The van der Waals surface area contributed by atoms with Crippen LogP contribution in [0.4, 0.5) is 0 Å². The molecule has 1 N–H and O–H groups in total. The number of rotatable bonds is 11. The van der Waals surface area contributed by atoms with E-state index in [1.807, 2.05) is 24.3 Å². The third kappa shape index (κ3) is 5.34. The molecule has 4 aliphatic rings. The Bertz CT molecular complexity index is 1030. The minimum Gasteiger partial charge on any atom is -0.493 e. The van der Waals surface area contributed by atoms with Crippen LogP contribution in [0.5, 0.6) is 5.75 Å². The second-order valence-corrected chi connectivity index (χ2v) is 11.4. The van der Waals surface area contributed by atoms with Gasteiger partial charge in [0, 0.05) is 5.56 Å². The maximum absolute atomic E-state index is 11.6. The zero-order chi connectivity index (χ0) is 24.3. The van der Waals surface area contributed by atoms with Crippen molar-refractivity contribution < 1.29 is 14.6 Å². The van der Waals surface area contributed by atoms with Crippen LogP contribution in [0.3, 0.4) is 0 Å². The van der Waals surface area contributed by atoms with Gasteiger partial charge < -0.3 is 9.84 Å². The summed E-state index contributed by atoms with van der Waals surface area (Å²) in [5.41, 5.74) is 3.86. The summed E-state index contributed by atoms with van der Waals surface area (Å²) in [5.74, 6) is 2.87. The minimum atomic E-state index is -0.894. The molecule has 2 aromatic carbocycles. The van der Waals surface area contributed by atoms with Crippen LogP contribution in [-0.4, -0.2) is 17.7 Å². The number of carboxylic acids is 1. The van der Waals surface area contributed by atoms with Gasteiger partial charge in [0.05, 0.1) is 12.2 Å². The van der Waals surface area contributed by atoms with Crippen LogP contribution < -0.4 is 4.74 Å². The van der Waals surface area contributed by atoms with E-state index in [0.29, 0.717) is 11.0 Å². The molecule has 0 aliphatic heterocycles. The van der Waals surface area contributed by atoms with Crippen LogP contribution in [-0.2, 0) is 5.41 Å². The van der Waals surface area contributed by atoms with Crippen LogP contribution in [0.25, 0.3) is 12.2 Å². The number of benzene rings is 2. The fraction of sp³-hybridized carbons (Fsp3) is 0.531. The van der Waals surface area contributed by atoms with E-state index in [2.05, 4.69) is 25.1 Å². The second kappa shape index (κ2) is 10.6. The van der Waals surface area contributed by atoms with E-state index in [0.717, 1.165) is 47.7 Å². The van der Waals surface area contributed by atoms with Gasteiger partial charge in [-0.15, -0.1) is 0 Å². The SMILES string of the molecule is CCCCCCCOc1cc(C=Cc2ccccc2C(=O)O)ccc1C12CC3CC(CC(C3)C1)C2. The van der Waals surface area contributed by atoms with Crippen molar-refractivity contribution >= 4 is 18.1 Å². The average Bonchev–Trinajstić information content (AvgIpc) is 2.84. The monoisotopic (exact) mass is 472 g/mol. The first-order chi connectivity index (χ1) is 17.1. The lowest BCUT2D eigenvalue weighted by Crippen LogP contribution is -2.48. The fourth-order valence-electron chi connectivity index (χ4n) is 7.55. The molecule has 2 aromatic rings. The summed E-state index contributed by atoms with van der Waals surface area (Å²) in [6.07, 6.45) is 18.4. The zero-order valence-corrected chi connectivity index (χ0v) is 21.2. The van der Waals surface area contributed by atoms with Gasteiger partial charge in [0.2, 0.25) is 0 Å². The van der Waals surface area contributed by atoms with Gasteiger partial charge in [-0.05, 0) is 91.4 Å². The molecule has 0 aromatic heterocycles. The van der Waals surface area contributed by atoms with Gasteiger partial charge in [0.15, 0.2) is 0 Å². The molecule has 0 radical (unpaired) electrons. The third-order valence-corrected chi connectivity index (χ3v) is 8.77. The topological polar surface area (TPSA) is 46.5 Å². The number of carbonyl (C=O) groups is 1. The summed E-state index contributed by atoms with van der Waals surface area (Å²) in [4.78, 5) is 11.6. The van der Waals surface area contributed by atoms with E-state index in [4.69, 9.17) is 4.74 Å². The Morgan fingerprint density at radius 3 is 2.31 bits per heavy atom. The molecule has 3 heteroatoms. The van der Waals surface area contributed by atoms with E-state index < -0.39 is 5.97 Å². The quantitative estimate of drug-likeness (QED) is 0.264. The minimum absolute atomic E-state index is 0.296. The van der Waals surface area contributed by atoms with Gasteiger partial charge in [0.25, 0.3) is 0 Å². The molecule has 0 atom stereocenters. The van der Waals surface area contributed by atoms with Gasteiger partial charge in [-0.2, -0.15) is 0 Å². The summed E-state index contributed by atoms with van der Waals surface area (Å²) in [5, 5.41) is 9.52. The normalized spacial score (nSPS) is 26.9. The standard InChI is InChI=1S/C32H40O3/c1-2-3-4-5-8-15-35-30-19-23(11-13-27-9-6-7-10-28(27)31(33)34)12-14-29(30)32-20-24-16-25(21-32)18-26(17-24)22-32/h6-7,9-14,19,24-26H,2-5,8,15-18,20-22H2,1H3,(H,33,34). The largest absolute Gasteiger partial charge is 0.493 e. The Balaban J connectivity index is 1.40. The number of ether oxygens (including phenoxy) is 1. The van der Waals surface area contributed by atoms with Gasteiger partial charge in [-0.25, -0.2) is 4.79 Å². The summed E-state index contributed by atoms with van der Waals surface area (Å²) in [6, 6.07) is 13.9. The van der Waals surface area contributed by atoms with Crippen molar-refractivity contribution in [2.24, 2.45) is 17.8 Å². The average molecular weight is 473 g/mol. The van der Waals surface area contributed by atoms with Crippen molar-refractivity contribution in [1.29, 1.82) is 0 Å². The second-order valence-electron chi connectivity index (χ2n) is 11.4. The predicted molar refractivity (Wildman–Crippen MR) is 143 cm³/mol. The lowest BCUT2D eigenvalue weighted by atomic mass is 9.48. The van der Waals surface area contributed by atoms with E-state index in [-0.39, 0.29) is 0 Å². The summed E-state index contributed by atoms with van der Waals surface area (Å²) < 4.78 is 6.53. The predicted octanol–water partition coefficient (Wildman–Crippen LogP) is 8.37. The first-order valence-electron chi connectivity index (χ1n) is 13.8. The van der Waals surface area contributed by atoms with Gasteiger partial charge in [-0.3, -0.25) is 0 Å². The van der Waals surface area contributed by atoms with Crippen molar-refractivity contribution in [1.82, 2.24) is 0 Å². The van der Waals surface area contributed by atoms with Crippen molar-refractivity contribution in [3.63, 3.8) is 0 Å².